The molecule has 0 unspecified atom stereocenters. The third-order valence-corrected chi connectivity index (χ3v) is 4.79. The Kier molecular flexibility index (Phi) is 5.61. The van der Waals surface area contributed by atoms with Gasteiger partial charge in [-0.1, -0.05) is 24.3 Å². The molecular formula is C20H16F2N2O2S. The molecule has 0 saturated heterocycles. The summed E-state index contributed by atoms with van der Waals surface area (Å²) in [5.74, 6) is -2.08. The summed E-state index contributed by atoms with van der Waals surface area (Å²) in [6.45, 7) is -0.0296. The van der Waals surface area contributed by atoms with Crippen LogP contribution >= 0.6 is 11.3 Å². The van der Waals surface area contributed by atoms with Crippen LogP contribution in [0.25, 0.3) is 0 Å². The maximum Gasteiger partial charge on any atom is 0.265 e. The van der Waals surface area contributed by atoms with Gasteiger partial charge in [0.2, 0.25) is 0 Å². The number of nitrogens with zero attached hydrogens (tertiary/aromatic N) is 1. The first-order valence-corrected chi connectivity index (χ1v) is 8.97. The number of amides is 2. The predicted molar refractivity (Wildman–Crippen MR) is 101 cm³/mol. The lowest BCUT2D eigenvalue weighted by molar-refractivity contribution is 0.0785. The molecule has 4 nitrogen and oxygen atoms in total. The SMILES string of the molecule is CN(Cc1ccc(F)cc1F)C(=O)c1ccccc1NC(=O)c1cccs1. The normalized spacial score (nSPS) is 10.5. The Hall–Kier alpha value is -3.06. The minimum absolute atomic E-state index is 0.0296. The average molecular weight is 386 g/mol. The number of benzene rings is 2. The largest absolute Gasteiger partial charge is 0.337 e. The third kappa shape index (κ3) is 4.38. The van der Waals surface area contributed by atoms with Crippen molar-refractivity contribution in [3.63, 3.8) is 0 Å². The summed E-state index contributed by atoms with van der Waals surface area (Å²) < 4.78 is 26.9. The first kappa shape index (κ1) is 18.7. The number of carbonyl (C=O) groups excluding carboxylic acids is 2. The molecule has 0 spiro atoms. The highest BCUT2D eigenvalue weighted by molar-refractivity contribution is 7.12. The highest BCUT2D eigenvalue weighted by Crippen LogP contribution is 2.21. The van der Waals surface area contributed by atoms with Crippen LogP contribution in [0.15, 0.2) is 60.0 Å². The number of rotatable bonds is 5. The van der Waals surface area contributed by atoms with Gasteiger partial charge in [0.05, 0.1) is 16.1 Å². The molecule has 27 heavy (non-hydrogen) atoms. The third-order valence-electron chi connectivity index (χ3n) is 3.92. The number of carbonyl (C=O) groups is 2. The van der Waals surface area contributed by atoms with E-state index in [1.165, 1.54) is 29.4 Å². The summed E-state index contributed by atoms with van der Waals surface area (Å²) in [5.41, 5.74) is 0.854. The molecule has 0 aliphatic heterocycles. The van der Waals surface area contributed by atoms with E-state index >= 15 is 0 Å². The maximum atomic E-state index is 13.9. The number of hydrogen-bond donors (Lipinski definition) is 1. The molecule has 0 bridgehead atoms. The van der Waals surface area contributed by atoms with E-state index in [0.717, 1.165) is 12.1 Å². The Morgan fingerprint density at radius 3 is 2.56 bits per heavy atom. The summed E-state index contributed by atoms with van der Waals surface area (Å²) in [6.07, 6.45) is 0. The van der Waals surface area contributed by atoms with E-state index in [0.29, 0.717) is 10.6 Å². The van der Waals surface area contributed by atoms with Gasteiger partial charge in [-0.05, 0) is 29.6 Å². The van der Waals surface area contributed by atoms with E-state index in [2.05, 4.69) is 5.32 Å². The van der Waals surface area contributed by atoms with Crippen molar-refractivity contribution in [1.82, 2.24) is 4.90 Å². The second-order valence-corrected chi connectivity index (χ2v) is 6.82. The zero-order chi connectivity index (χ0) is 19.4. The zero-order valence-electron chi connectivity index (χ0n) is 14.4. The zero-order valence-corrected chi connectivity index (χ0v) is 15.2. The van der Waals surface area contributed by atoms with Crippen molar-refractivity contribution in [3.8, 4) is 0 Å². The fourth-order valence-corrected chi connectivity index (χ4v) is 3.17. The molecule has 2 aromatic carbocycles. The lowest BCUT2D eigenvalue weighted by atomic mass is 10.1. The van der Waals surface area contributed by atoms with Gasteiger partial charge < -0.3 is 10.2 Å². The Balaban J connectivity index is 1.79. The van der Waals surface area contributed by atoms with Gasteiger partial charge in [0, 0.05) is 25.2 Å². The van der Waals surface area contributed by atoms with Gasteiger partial charge in [-0.3, -0.25) is 9.59 Å². The summed E-state index contributed by atoms with van der Waals surface area (Å²) in [5, 5.41) is 4.52. The van der Waals surface area contributed by atoms with Crippen molar-refractivity contribution < 1.29 is 18.4 Å². The van der Waals surface area contributed by atoms with Crippen LogP contribution in [0.5, 0.6) is 0 Å². The topological polar surface area (TPSA) is 49.4 Å². The maximum absolute atomic E-state index is 13.9. The second kappa shape index (κ2) is 8.09. The van der Waals surface area contributed by atoms with Crippen molar-refractivity contribution in [3.05, 3.63) is 87.6 Å². The molecule has 0 radical (unpaired) electrons. The summed E-state index contributed by atoms with van der Waals surface area (Å²) in [7, 11) is 1.52. The second-order valence-electron chi connectivity index (χ2n) is 5.87. The van der Waals surface area contributed by atoms with Crippen molar-refractivity contribution in [1.29, 1.82) is 0 Å². The number of nitrogens with one attached hydrogen (secondary N) is 1. The van der Waals surface area contributed by atoms with Crippen LogP contribution in [0.4, 0.5) is 14.5 Å². The van der Waals surface area contributed by atoms with E-state index in [9.17, 15) is 18.4 Å². The van der Waals surface area contributed by atoms with Crippen LogP contribution in [0, 0.1) is 11.6 Å². The predicted octanol–water partition coefficient (Wildman–Crippen LogP) is 4.55. The van der Waals surface area contributed by atoms with Crippen LogP contribution in [-0.2, 0) is 6.54 Å². The molecule has 0 atom stereocenters. The molecule has 3 rings (SSSR count). The fourth-order valence-electron chi connectivity index (χ4n) is 2.55. The average Bonchev–Trinajstić information content (AvgIpc) is 3.19. The molecule has 0 aliphatic carbocycles. The Morgan fingerprint density at radius 1 is 1.07 bits per heavy atom. The van der Waals surface area contributed by atoms with Gasteiger partial charge >= 0.3 is 0 Å². The van der Waals surface area contributed by atoms with Crippen LogP contribution < -0.4 is 5.32 Å². The standard InChI is InChI=1S/C20H16F2N2O2S/c1-24(12-13-8-9-14(21)11-16(13)22)20(26)15-5-2-3-6-17(15)23-19(25)18-7-4-10-27-18/h2-11H,12H2,1H3,(H,23,25). The molecule has 1 N–H and O–H groups in total. The minimum atomic E-state index is -0.714. The number of thiophene rings is 1. The molecule has 3 aromatic rings. The molecule has 138 valence electrons. The van der Waals surface area contributed by atoms with E-state index in [1.807, 2.05) is 0 Å². The number of hydrogen-bond acceptors (Lipinski definition) is 3. The van der Waals surface area contributed by atoms with Gasteiger partial charge in [0.1, 0.15) is 11.6 Å². The summed E-state index contributed by atoms with van der Waals surface area (Å²) in [6, 6.07) is 13.3. The lowest BCUT2D eigenvalue weighted by Crippen LogP contribution is -2.28. The van der Waals surface area contributed by atoms with Gasteiger partial charge in [-0.2, -0.15) is 0 Å². The van der Waals surface area contributed by atoms with Gasteiger partial charge in [-0.15, -0.1) is 11.3 Å². The number of anilines is 1. The molecule has 1 aromatic heterocycles. The number of para-hydroxylation sites is 1. The quantitative estimate of drug-likeness (QED) is 0.699. The smallest absolute Gasteiger partial charge is 0.265 e. The Bertz CT molecular complexity index is 974. The van der Waals surface area contributed by atoms with Gasteiger partial charge in [0.25, 0.3) is 11.8 Å². The van der Waals surface area contributed by atoms with Crippen molar-refractivity contribution >= 4 is 28.8 Å². The highest BCUT2D eigenvalue weighted by atomic mass is 32.1. The first-order valence-electron chi connectivity index (χ1n) is 8.09. The molecule has 0 saturated carbocycles. The first-order chi connectivity index (χ1) is 13.0. The van der Waals surface area contributed by atoms with E-state index in [-0.39, 0.29) is 29.5 Å². The van der Waals surface area contributed by atoms with E-state index in [4.69, 9.17) is 0 Å². The highest BCUT2D eigenvalue weighted by Gasteiger charge is 2.19. The molecule has 1 heterocycles. The fraction of sp³-hybridized carbons (Fsp3) is 0.100. The minimum Gasteiger partial charge on any atom is -0.337 e. The van der Waals surface area contributed by atoms with Crippen molar-refractivity contribution in [2.75, 3.05) is 12.4 Å². The number of halogens is 2. The van der Waals surface area contributed by atoms with Crippen LogP contribution in [0.1, 0.15) is 25.6 Å². The Labute approximate surface area is 159 Å². The monoisotopic (exact) mass is 386 g/mol. The van der Waals surface area contributed by atoms with Crippen molar-refractivity contribution in [2.45, 2.75) is 6.54 Å². The molecule has 0 fully saturated rings. The Morgan fingerprint density at radius 2 is 1.85 bits per heavy atom. The van der Waals surface area contributed by atoms with Crippen LogP contribution in [0.2, 0.25) is 0 Å². The van der Waals surface area contributed by atoms with E-state index in [1.54, 1.807) is 41.8 Å². The molecule has 7 heteroatoms. The van der Waals surface area contributed by atoms with E-state index < -0.39 is 11.6 Å². The lowest BCUT2D eigenvalue weighted by Gasteiger charge is -2.19. The van der Waals surface area contributed by atoms with Crippen LogP contribution in [-0.4, -0.2) is 23.8 Å². The van der Waals surface area contributed by atoms with Gasteiger partial charge in [0.15, 0.2) is 0 Å². The molecule has 2 amide bonds. The summed E-state index contributed by atoms with van der Waals surface area (Å²) in [4.78, 5) is 26.9. The van der Waals surface area contributed by atoms with Crippen molar-refractivity contribution in [2.24, 2.45) is 0 Å². The van der Waals surface area contributed by atoms with Crippen LogP contribution in [0.3, 0.4) is 0 Å². The molecular weight excluding hydrogens is 370 g/mol. The molecule has 0 aliphatic rings. The van der Waals surface area contributed by atoms with Gasteiger partial charge in [-0.25, -0.2) is 8.78 Å². The summed E-state index contributed by atoms with van der Waals surface area (Å²) >= 11 is 1.30.